The molecule has 0 saturated heterocycles. The van der Waals surface area contributed by atoms with Crippen LogP contribution in [0.4, 0.5) is 0 Å². The van der Waals surface area contributed by atoms with Crippen molar-refractivity contribution in [3.8, 4) is 39.6 Å². The molecule has 0 N–H and O–H groups in total. The van der Waals surface area contributed by atoms with Gasteiger partial charge < -0.3 is 13.4 Å². The van der Waals surface area contributed by atoms with Gasteiger partial charge in [-0.15, -0.1) is 0 Å². The van der Waals surface area contributed by atoms with E-state index in [0.29, 0.717) is 17.5 Å². The Morgan fingerprint density at radius 2 is 1.12 bits per heavy atom. The van der Waals surface area contributed by atoms with Gasteiger partial charge in [-0.05, 0) is 72.5 Å². The summed E-state index contributed by atoms with van der Waals surface area (Å²) < 4.78 is 15.5. The summed E-state index contributed by atoms with van der Waals surface area (Å²) in [5.74, 6) is 1.85. The molecule has 0 radical (unpaired) electrons. The van der Waals surface area contributed by atoms with Gasteiger partial charge in [-0.3, -0.25) is 0 Å². The predicted octanol–water partition coefficient (Wildman–Crippen LogP) is 11.4. The van der Waals surface area contributed by atoms with E-state index in [9.17, 15) is 0 Å². The van der Waals surface area contributed by atoms with Crippen LogP contribution in [0.3, 0.4) is 0 Å². The van der Waals surface area contributed by atoms with Crippen LogP contribution in [0.15, 0.2) is 173 Å². The first kappa shape index (κ1) is 31.7. The van der Waals surface area contributed by atoms with Gasteiger partial charge in [0.1, 0.15) is 22.2 Å². The molecule has 0 bridgehead atoms. The van der Waals surface area contributed by atoms with E-state index in [1.54, 1.807) is 0 Å². The van der Waals surface area contributed by atoms with Gasteiger partial charge in [-0.25, -0.2) is 15.0 Å². The molecule has 1 aliphatic carbocycles. The molecule has 57 heavy (non-hydrogen) atoms. The van der Waals surface area contributed by atoms with Crippen LogP contribution >= 0.6 is 0 Å². The summed E-state index contributed by atoms with van der Waals surface area (Å²) in [5.41, 5.74) is 11.8. The molecule has 11 aromatic rings. The zero-order valence-electron chi connectivity index (χ0n) is 30.7. The van der Waals surface area contributed by atoms with Gasteiger partial charge in [-0.1, -0.05) is 121 Å². The Kier molecular flexibility index (Phi) is 6.95. The maximum atomic E-state index is 6.74. The molecule has 0 unspecified atom stereocenters. The Balaban J connectivity index is 1.17. The minimum absolute atomic E-state index is 0.597. The van der Waals surface area contributed by atoms with E-state index in [2.05, 4.69) is 138 Å². The van der Waals surface area contributed by atoms with Crippen molar-refractivity contribution in [3.63, 3.8) is 0 Å². The molecule has 0 spiro atoms. The maximum Gasteiger partial charge on any atom is 0.164 e. The number of nitrogens with zero attached hydrogens (tertiary/aromatic N) is 4. The lowest BCUT2D eigenvalue weighted by atomic mass is 9.99. The molecule has 6 nitrogen and oxygen atoms in total. The Morgan fingerprint density at radius 3 is 1.98 bits per heavy atom. The average molecular weight is 733 g/mol. The highest BCUT2D eigenvalue weighted by atomic mass is 16.3. The van der Waals surface area contributed by atoms with E-state index in [1.165, 1.54) is 10.8 Å². The first-order valence-electron chi connectivity index (χ1n) is 19.3. The number of hydrogen-bond acceptors (Lipinski definition) is 5. The van der Waals surface area contributed by atoms with Gasteiger partial charge in [0.2, 0.25) is 0 Å². The first-order chi connectivity index (χ1) is 28.3. The number of benzene rings is 7. The van der Waals surface area contributed by atoms with Gasteiger partial charge in [0.05, 0.1) is 16.4 Å². The van der Waals surface area contributed by atoms with Crippen LogP contribution in [0.1, 0.15) is 18.7 Å². The molecule has 12 rings (SSSR count). The monoisotopic (exact) mass is 732 g/mol. The van der Waals surface area contributed by atoms with E-state index < -0.39 is 0 Å². The molecule has 0 amide bonds. The van der Waals surface area contributed by atoms with E-state index in [1.807, 2.05) is 36.4 Å². The third-order valence-electron chi connectivity index (χ3n) is 11.4. The molecule has 0 aliphatic heterocycles. The summed E-state index contributed by atoms with van der Waals surface area (Å²) in [7, 11) is 0. The molecule has 6 heteroatoms. The van der Waals surface area contributed by atoms with Crippen molar-refractivity contribution < 1.29 is 8.83 Å². The minimum atomic E-state index is 0.597. The van der Waals surface area contributed by atoms with Gasteiger partial charge in [0.25, 0.3) is 0 Å². The van der Waals surface area contributed by atoms with E-state index in [0.717, 1.165) is 101 Å². The van der Waals surface area contributed by atoms with Gasteiger partial charge >= 0.3 is 0 Å². The Hall–Kier alpha value is -7.57. The van der Waals surface area contributed by atoms with Crippen LogP contribution < -0.4 is 10.6 Å². The number of para-hydroxylation sites is 3. The fourth-order valence-electron chi connectivity index (χ4n) is 8.81. The van der Waals surface area contributed by atoms with Gasteiger partial charge in [0.15, 0.2) is 17.5 Å². The fourth-order valence-corrected chi connectivity index (χ4v) is 8.81. The van der Waals surface area contributed by atoms with Crippen LogP contribution in [0, 0.1) is 0 Å². The fraction of sp³-hybridized carbons (Fsp3) is 0.0392. The number of furan rings is 2. The summed E-state index contributed by atoms with van der Waals surface area (Å²) in [6, 6.07) is 56.7. The zero-order chi connectivity index (χ0) is 37.5. The van der Waals surface area contributed by atoms with Crippen LogP contribution in [-0.2, 0) is 0 Å². The number of hydrogen-bond donors (Lipinski definition) is 0. The van der Waals surface area contributed by atoms with Crippen molar-refractivity contribution in [2.75, 3.05) is 0 Å². The Morgan fingerprint density at radius 1 is 0.456 bits per heavy atom. The topological polar surface area (TPSA) is 69.9 Å². The number of rotatable bonds is 5. The Labute approximate surface area is 326 Å². The third-order valence-corrected chi connectivity index (χ3v) is 11.4. The summed E-state index contributed by atoms with van der Waals surface area (Å²) in [6.07, 6.45) is 3.76. The van der Waals surface area contributed by atoms with Crippen LogP contribution in [-0.4, -0.2) is 19.5 Å². The van der Waals surface area contributed by atoms with Crippen LogP contribution in [0.2, 0.25) is 0 Å². The summed E-state index contributed by atoms with van der Waals surface area (Å²) in [5, 5.41) is 6.48. The predicted molar refractivity (Wildman–Crippen MR) is 229 cm³/mol. The second-order valence-corrected chi connectivity index (χ2v) is 14.6. The SMILES string of the molecule is C1=c2oc3ccc4c5ccccc5n(-c5ccccc5)c4c3c2=C(c2nc(-c3ccc(-c4ccccc4)cc3)nc(-c3cccc4oc5ccccc5c34)n2)CC1. The summed E-state index contributed by atoms with van der Waals surface area (Å²) >= 11 is 0. The molecular weight excluding hydrogens is 701 g/mol. The lowest BCUT2D eigenvalue weighted by molar-refractivity contribution is 0.571. The Bertz CT molecular complexity index is 3510. The molecular formula is C51H32N4O2. The van der Waals surface area contributed by atoms with Crippen molar-refractivity contribution in [2.24, 2.45) is 0 Å². The smallest absolute Gasteiger partial charge is 0.164 e. The van der Waals surface area contributed by atoms with Gasteiger partial charge in [-0.2, -0.15) is 0 Å². The molecule has 4 aromatic heterocycles. The molecule has 1 aliphatic rings. The molecule has 0 saturated carbocycles. The third kappa shape index (κ3) is 4.94. The molecule has 0 fully saturated rings. The molecule has 268 valence electrons. The maximum absolute atomic E-state index is 6.74. The van der Waals surface area contributed by atoms with Crippen molar-refractivity contribution in [1.82, 2.24) is 19.5 Å². The highest BCUT2D eigenvalue weighted by Crippen LogP contribution is 2.38. The highest BCUT2D eigenvalue weighted by molar-refractivity contribution is 6.18. The first-order valence-corrected chi connectivity index (χ1v) is 19.3. The molecule has 7 aromatic carbocycles. The second-order valence-electron chi connectivity index (χ2n) is 14.6. The standard InChI is InChI=1S/C51H32N4O2/c1-3-13-31(14-4-1)32-25-27-33(28-26-32)49-52-50(38-19-11-23-42-45(38)37-18-8-10-22-41(37)56-42)54-51(53-49)39-20-12-24-43-46(39)47-44(57-43)30-29-36-35-17-7-9-21-40(35)55(48(36)47)34-15-5-2-6-16-34/h1-11,13-19,21-30H,12,20H2. The van der Waals surface area contributed by atoms with Crippen molar-refractivity contribution >= 4 is 66.4 Å². The number of fused-ring (bicyclic) bond motifs is 10. The summed E-state index contributed by atoms with van der Waals surface area (Å²) in [4.78, 5) is 15.9. The van der Waals surface area contributed by atoms with Crippen molar-refractivity contribution in [1.29, 1.82) is 0 Å². The largest absolute Gasteiger partial charge is 0.456 e. The van der Waals surface area contributed by atoms with E-state index in [4.69, 9.17) is 23.8 Å². The van der Waals surface area contributed by atoms with E-state index in [-0.39, 0.29) is 0 Å². The minimum Gasteiger partial charge on any atom is -0.456 e. The normalized spacial score (nSPS) is 12.9. The lowest BCUT2D eigenvalue weighted by Crippen LogP contribution is -2.28. The van der Waals surface area contributed by atoms with Gasteiger partial charge in [0, 0.05) is 49.2 Å². The van der Waals surface area contributed by atoms with Crippen molar-refractivity contribution in [3.05, 3.63) is 180 Å². The van der Waals surface area contributed by atoms with Crippen molar-refractivity contribution in [2.45, 2.75) is 12.8 Å². The molecule has 4 heterocycles. The van der Waals surface area contributed by atoms with E-state index >= 15 is 0 Å². The highest BCUT2D eigenvalue weighted by Gasteiger charge is 2.24. The lowest BCUT2D eigenvalue weighted by Gasteiger charge is -2.13. The van der Waals surface area contributed by atoms with Crippen LogP contribution in [0.5, 0.6) is 0 Å². The number of aromatic nitrogens is 4. The molecule has 0 atom stereocenters. The second kappa shape index (κ2) is 12.5. The zero-order valence-corrected chi connectivity index (χ0v) is 30.7. The van der Waals surface area contributed by atoms with Crippen LogP contribution in [0.25, 0.3) is 106 Å². The average Bonchev–Trinajstić information content (AvgIpc) is 3.96. The summed E-state index contributed by atoms with van der Waals surface area (Å²) in [6.45, 7) is 0. The quantitative estimate of drug-likeness (QED) is 0.176.